The number of hydrogen-bond acceptors (Lipinski definition) is 3. The summed E-state index contributed by atoms with van der Waals surface area (Å²) in [6.07, 6.45) is 1.90. The van der Waals surface area contributed by atoms with E-state index in [9.17, 15) is 4.39 Å². The van der Waals surface area contributed by atoms with Gasteiger partial charge in [0.05, 0.1) is 5.69 Å². The number of rotatable bonds is 5. The fraction of sp³-hybridized carbons (Fsp3) is 0.357. The highest BCUT2D eigenvalue weighted by molar-refractivity contribution is 5.34. The summed E-state index contributed by atoms with van der Waals surface area (Å²) in [5, 5.41) is 4.37. The molecule has 0 amide bonds. The van der Waals surface area contributed by atoms with Crippen LogP contribution in [0.25, 0.3) is 0 Å². The minimum absolute atomic E-state index is 0.114. The Bertz CT molecular complexity index is 551. The van der Waals surface area contributed by atoms with Gasteiger partial charge >= 0.3 is 0 Å². The molecule has 1 aromatic heterocycles. The maximum atomic E-state index is 13.5. The molecule has 0 fully saturated rings. The lowest BCUT2D eigenvalue weighted by Crippen LogP contribution is -2.06. The minimum atomic E-state index is -0.340. The van der Waals surface area contributed by atoms with Gasteiger partial charge in [0.1, 0.15) is 18.2 Å². The monoisotopic (exact) mass is 263 g/mol. The van der Waals surface area contributed by atoms with Crippen LogP contribution < -0.4 is 10.5 Å². The topological polar surface area (TPSA) is 53.1 Å². The van der Waals surface area contributed by atoms with Crippen LogP contribution >= 0.6 is 0 Å². The maximum absolute atomic E-state index is 13.5. The molecule has 2 aromatic rings. The van der Waals surface area contributed by atoms with Crippen molar-refractivity contribution in [1.29, 1.82) is 0 Å². The molecule has 0 radical (unpaired) electrons. The number of nitrogens with two attached hydrogens (primary N) is 1. The molecule has 0 saturated heterocycles. The molecule has 0 aliphatic heterocycles. The number of halogens is 1. The van der Waals surface area contributed by atoms with Gasteiger partial charge in [0.15, 0.2) is 0 Å². The van der Waals surface area contributed by atoms with Gasteiger partial charge in [-0.05, 0) is 32.0 Å². The van der Waals surface area contributed by atoms with E-state index in [1.807, 2.05) is 16.9 Å². The van der Waals surface area contributed by atoms with E-state index in [1.165, 1.54) is 6.07 Å². The van der Waals surface area contributed by atoms with Gasteiger partial charge in [-0.25, -0.2) is 4.39 Å². The lowest BCUT2D eigenvalue weighted by molar-refractivity contribution is 0.293. The van der Waals surface area contributed by atoms with Crippen LogP contribution in [0.1, 0.15) is 31.1 Å². The Morgan fingerprint density at radius 2 is 2.16 bits per heavy atom. The summed E-state index contributed by atoms with van der Waals surface area (Å²) in [5.74, 6) is 0.134. The average Bonchev–Trinajstić information content (AvgIpc) is 2.85. The summed E-state index contributed by atoms with van der Waals surface area (Å²) >= 11 is 0. The molecule has 102 valence electrons. The quantitative estimate of drug-likeness (QED) is 0.902. The molecule has 2 N–H and O–H groups in total. The zero-order valence-corrected chi connectivity index (χ0v) is 11.1. The maximum Gasteiger partial charge on any atom is 0.132 e. The Kier molecular flexibility index (Phi) is 4.16. The van der Waals surface area contributed by atoms with Crippen molar-refractivity contribution in [2.24, 2.45) is 5.73 Å². The predicted octanol–water partition coefficient (Wildman–Crippen LogP) is 2.64. The molecule has 0 aliphatic rings. The van der Waals surface area contributed by atoms with Gasteiger partial charge < -0.3 is 10.5 Å². The van der Waals surface area contributed by atoms with E-state index in [0.29, 0.717) is 24.0 Å². The van der Waals surface area contributed by atoms with Gasteiger partial charge in [0, 0.05) is 24.3 Å². The highest BCUT2D eigenvalue weighted by atomic mass is 19.1. The van der Waals surface area contributed by atoms with Crippen molar-refractivity contribution in [3.8, 4) is 5.75 Å². The summed E-state index contributed by atoms with van der Waals surface area (Å²) in [7, 11) is 0. The SMILES string of the molecule is CC(C)n1ccc(COc2cccc(F)c2CN)n1. The summed E-state index contributed by atoms with van der Waals surface area (Å²) in [6.45, 7) is 4.52. The smallest absolute Gasteiger partial charge is 0.132 e. The summed E-state index contributed by atoms with van der Waals surface area (Å²) < 4.78 is 21.0. The Morgan fingerprint density at radius 3 is 2.79 bits per heavy atom. The molecule has 4 nitrogen and oxygen atoms in total. The van der Waals surface area contributed by atoms with Crippen molar-refractivity contribution < 1.29 is 9.13 Å². The van der Waals surface area contributed by atoms with Crippen molar-refractivity contribution in [2.45, 2.75) is 33.0 Å². The summed E-state index contributed by atoms with van der Waals surface area (Å²) in [4.78, 5) is 0. The van der Waals surface area contributed by atoms with E-state index in [2.05, 4.69) is 18.9 Å². The molecule has 1 heterocycles. The number of hydrogen-bond donors (Lipinski definition) is 1. The fourth-order valence-corrected chi connectivity index (χ4v) is 1.77. The van der Waals surface area contributed by atoms with Crippen LogP contribution in [0, 0.1) is 5.82 Å². The molecule has 0 atom stereocenters. The molecule has 0 aliphatic carbocycles. The van der Waals surface area contributed by atoms with E-state index in [4.69, 9.17) is 10.5 Å². The number of ether oxygens (including phenoxy) is 1. The second kappa shape index (κ2) is 5.84. The van der Waals surface area contributed by atoms with Crippen molar-refractivity contribution in [1.82, 2.24) is 9.78 Å². The third kappa shape index (κ3) is 3.12. The fourth-order valence-electron chi connectivity index (χ4n) is 1.77. The largest absolute Gasteiger partial charge is 0.487 e. The van der Waals surface area contributed by atoms with Crippen molar-refractivity contribution >= 4 is 0 Å². The van der Waals surface area contributed by atoms with Crippen LogP contribution in [0.2, 0.25) is 0 Å². The first-order valence-corrected chi connectivity index (χ1v) is 6.26. The highest BCUT2D eigenvalue weighted by Gasteiger charge is 2.09. The van der Waals surface area contributed by atoms with Gasteiger partial charge in [-0.2, -0.15) is 5.10 Å². The Morgan fingerprint density at radius 1 is 1.37 bits per heavy atom. The molecule has 0 bridgehead atoms. The molecule has 5 heteroatoms. The molecule has 19 heavy (non-hydrogen) atoms. The van der Waals surface area contributed by atoms with E-state index in [-0.39, 0.29) is 12.4 Å². The predicted molar refractivity (Wildman–Crippen MR) is 71.2 cm³/mol. The zero-order valence-electron chi connectivity index (χ0n) is 11.1. The van der Waals surface area contributed by atoms with E-state index in [0.717, 1.165) is 5.69 Å². The van der Waals surface area contributed by atoms with E-state index < -0.39 is 0 Å². The van der Waals surface area contributed by atoms with Crippen LogP contribution in [0.4, 0.5) is 4.39 Å². The summed E-state index contributed by atoms with van der Waals surface area (Å²) in [6, 6.07) is 6.90. The van der Waals surface area contributed by atoms with Gasteiger partial charge in [-0.1, -0.05) is 6.07 Å². The van der Waals surface area contributed by atoms with Crippen LogP contribution in [-0.2, 0) is 13.2 Å². The number of benzene rings is 1. The van der Waals surface area contributed by atoms with E-state index >= 15 is 0 Å². The second-order valence-electron chi connectivity index (χ2n) is 4.59. The standard InChI is InChI=1S/C14H18FN3O/c1-10(2)18-7-6-11(17-18)9-19-14-5-3-4-13(15)12(14)8-16/h3-7,10H,8-9,16H2,1-2H3. The van der Waals surface area contributed by atoms with Crippen LogP contribution in [-0.4, -0.2) is 9.78 Å². The first-order valence-electron chi connectivity index (χ1n) is 6.26. The van der Waals surface area contributed by atoms with Crippen molar-refractivity contribution in [2.75, 3.05) is 0 Å². The first-order chi connectivity index (χ1) is 9.11. The average molecular weight is 263 g/mol. The minimum Gasteiger partial charge on any atom is -0.487 e. The Labute approximate surface area is 112 Å². The Hall–Kier alpha value is -1.88. The lowest BCUT2D eigenvalue weighted by Gasteiger charge is -2.10. The summed E-state index contributed by atoms with van der Waals surface area (Å²) in [5.41, 5.74) is 6.73. The zero-order chi connectivity index (χ0) is 13.8. The van der Waals surface area contributed by atoms with Crippen molar-refractivity contribution in [3.63, 3.8) is 0 Å². The molecular formula is C14H18FN3O. The molecule has 0 unspecified atom stereocenters. The van der Waals surface area contributed by atoms with Gasteiger partial charge in [0.25, 0.3) is 0 Å². The van der Waals surface area contributed by atoms with E-state index in [1.54, 1.807) is 12.1 Å². The second-order valence-corrected chi connectivity index (χ2v) is 4.59. The third-order valence-electron chi connectivity index (χ3n) is 2.85. The molecule has 0 saturated carbocycles. The number of aromatic nitrogens is 2. The van der Waals surface area contributed by atoms with Crippen LogP contribution in [0.5, 0.6) is 5.75 Å². The molecule has 1 aromatic carbocycles. The van der Waals surface area contributed by atoms with Crippen LogP contribution in [0.15, 0.2) is 30.5 Å². The molecular weight excluding hydrogens is 245 g/mol. The molecule has 2 rings (SSSR count). The first kappa shape index (κ1) is 13.5. The number of nitrogens with zero attached hydrogens (tertiary/aromatic N) is 2. The third-order valence-corrected chi connectivity index (χ3v) is 2.85. The van der Waals surface area contributed by atoms with Gasteiger partial charge in [-0.3, -0.25) is 4.68 Å². The molecule has 0 spiro atoms. The Balaban J connectivity index is 2.08. The van der Waals surface area contributed by atoms with Gasteiger partial charge in [-0.15, -0.1) is 0 Å². The lowest BCUT2D eigenvalue weighted by atomic mass is 10.2. The van der Waals surface area contributed by atoms with Crippen LogP contribution in [0.3, 0.4) is 0 Å². The highest BCUT2D eigenvalue weighted by Crippen LogP contribution is 2.21. The normalized spacial score (nSPS) is 11.0. The van der Waals surface area contributed by atoms with Gasteiger partial charge in [0.2, 0.25) is 0 Å². The van der Waals surface area contributed by atoms with Crippen molar-refractivity contribution in [3.05, 3.63) is 47.5 Å².